The van der Waals surface area contributed by atoms with Gasteiger partial charge in [0.15, 0.2) is 5.82 Å². The molecule has 0 aliphatic rings. The van der Waals surface area contributed by atoms with Crippen LogP contribution < -0.4 is 11.1 Å². The minimum atomic E-state index is 0.0644. The SMILES string of the molecule is CNCc1cccc(-c2nc(-c3cc(C)ccc3O)nc(N)c2C#N)c1. The van der Waals surface area contributed by atoms with Crippen LogP contribution in [0.15, 0.2) is 42.5 Å². The van der Waals surface area contributed by atoms with Gasteiger partial charge in [-0.15, -0.1) is 0 Å². The molecule has 6 nitrogen and oxygen atoms in total. The summed E-state index contributed by atoms with van der Waals surface area (Å²) in [6.45, 7) is 2.61. The smallest absolute Gasteiger partial charge is 0.165 e. The minimum absolute atomic E-state index is 0.0644. The second-order valence-electron chi connectivity index (χ2n) is 6.02. The lowest BCUT2D eigenvalue weighted by molar-refractivity contribution is 0.476. The fourth-order valence-corrected chi connectivity index (χ4v) is 2.78. The van der Waals surface area contributed by atoms with Crippen molar-refractivity contribution in [1.82, 2.24) is 15.3 Å². The van der Waals surface area contributed by atoms with Crippen molar-refractivity contribution in [2.45, 2.75) is 13.5 Å². The Hall–Kier alpha value is -3.43. The first-order valence-corrected chi connectivity index (χ1v) is 8.15. The lowest BCUT2D eigenvalue weighted by Crippen LogP contribution is -2.06. The number of nitrogens with zero attached hydrogens (tertiary/aromatic N) is 3. The number of nitriles is 1. The summed E-state index contributed by atoms with van der Waals surface area (Å²) >= 11 is 0. The highest BCUT2D eigenvalue weighted by molar-refractivity contribution is 5.76. The maximum absolute atomic E-state index is 10.2. The molecule has 0 spiro atoms. The Morgan fingerprint density at radius 3 is 2.73 bits per heavy atom. The molecule has 0 saturated carbocycles. The topological polar surface area (TPSA) is 108 Å². The molecule has 4 N–H and O–H groups in total. The fourth-order valence-electron chi connectivity index (χ4n) is 2.78. The predicted molar refractivity (Wildman–Crippen MR) is 101 cm³/mol. The van der Waals surface area contributed by atoms with Crippen LogP contribution in [0.4, 0.5) is 5.82 Å². The Balaban J connectivity index is 2.22. The Labute approximate surface area is 152 Å². The zero-order valence-corrected chi connectivity index (χ0v) is 14.6. The first-order valence-electron chi connectivity index (χ1n) is 8.15. The van der Waals surface area contributed by atoms with Gasteiger partial charge in [0.05, 0.1) is 11.3 Å². The molecule has 0 aliphatic heterocycles. The second-order valence-corrected chi connectivity index (χ2v) is 6.02. The third-order valence-electron chi connectivity index (χ3n) is 4.02. The number of phenols is 1. The maximum atomic E-state index is 10.2. The van der Waals surface area contributed by atoms with E-state index < -0.39 is 0 Å². The highest BCUT2D eigenvalue weighted by Gasteiger charge is 2.17. The average molecular weight is 345 g/mol. The van der Waals surface area contributed by atoms with Gasteiger partial charge in [-0.1, -0.05) is 29.8 Å². The van der Waals surface area contributed by atoms with Crippen LogP contribution in [0.3, 0.4) is 0 Å². The van der Waals surface area contributed by atoms with Crippen LogP contribution >= 0.6 is 0 Å². The molecule has 0 saturated heterocycles. The van der Waals surface area contributed by atoms with Gasteiger partial charge in [0.1, 0.15) is 23.2 Å². The van der Waals surface area contributed by atoms with E-state index in [0.29, 0.717) is 17.8 Å². The third-order valence-corrected chi connectivity index (χ3v) is 4.02. The molecule has 0 bridgehead atoms. The number of nitrogens with two attached hydrogens (primary N) is 1. The van der Waals surface area contributed by atoms with Crippen LogP contribution in [0.1, 0.15) is 16.7 Å². The highest BCUT2D eigenvalue weighted by Crippen LogP contribution is 2.32. The first kappa shape index (κ1) is 17.4. The average Bonchev–Trinajstić information content (AvgIpc) is 2.63. The van der Waals surface area contributed by atoms with Crippen LogP contribution in [0.25, 0.3) is 22.6 Å². The highest BCUT2D eigenvalue weighted by atomic mass is 16.3. The Bertz CT molecular complexity index is 1010. The van der Waals surface area contributed by atoms with Crippen molar-refractivity contribution in [3.8, 4) is 34.5 Å². The molecule has 0 fully saturated rings. The number of nitrogen functional groups attached to an aromatic ring is 1. The first-order chi connectivity index (χ1) is 12.5. The van der Waals surface area contributed by atoms with Crippen molar-refractivity contribution in [2.75, 3.05) is 12.8 Å². The van der Waals surface area contributed by atoms with E-state index in [1.54, 1.807) is 18.2 Å². The monoisotopic (exact) mass is 345 g/mol. The van der Waals surface area contributed by atoms with Gasteiger partial charge >= 0.3 is 0 Å². The van der Waals surface area contributed by atoms with Crippen molar-refractivity contribution < 1.29 is 5.11 Å². The van der Waals surface area contributed by atoms with Crippen molar-refractivity contribution in [3.05, 3.63) is 59.2 Å². The Morgan fingerprint density at radius 2 is 2.00 bits per heavy atom. The number of nitrogens with one attached hydrogen (secondary N) is 1. The summed E-state index contributed by atoms with van der Waals surface area (Å²) in [6, 6.07) is 15.0. The molecule has 0 radical (unpaired) electrons. The lowest BCUT2D eigenvalue weighted by Gasteiger charge is -2.11. The number of benzene rings is 2. The van der Waals surface area contributed by atoms with Gasteiger partial charge in [-0.3, -0.25) is 0 Å². The molecule has 0 aliphatic carbocycles. The van der Waals surface area contributed by atoms with Crippen LogP contribution in [-0.4, -0.2) is 22.1 Å². The molecule has 6 heteroatoms. The molecule has 1 heterocycles. The molecule has 26 heavy (non-hydrogen) atoms. The van der Waals surface area contributed by atoms with Gasteiger partial charge in [-0.05, 0) is 37.7 Å². The molecule has 3 aromatic rings. The van der Waals surface area contributed by atoms with E-state index in [1.807, 2.05) is 38.2 Å². The number of aryl methyl sites for hydroxylation is 1. The summed E-state index contributed by atoms with van der Waals surface area (Å²) < 4.78 is 0. The van der Waals surface area contributed by atoms with Crippen LogP contribution in [-0.2, 0) is 6.54 Å². The number of hydrogen-bond donors (Lipinski definition) is 3. The van der Waals surface area contributed by atoms with Crippen LogP contribution in [0.2, 0.25) is 0 Å². The number of anilines is 1. The molecular weight excluding hydrogens is 326 g/mol. The minimum Gasteiger partial charge on any atom is -0.507 e. The molecule has 3 rings (SSSR count). The third kappa shape index (κ3) is 3.34. The van der Waals surface area contributed by atoms with Crippen LogP contribution in [0, 0.1) is 18.3 Å². The van der Waals surface area contributed by atoms with E-state index in [9.17, 15) is 10.4 Å². The summed E-state index contributed by atoms with van der Waals surface area (Å²) in [4.78, 5) is 8.79. The van der Waals surface area contributed by atoms with Gasteiger partial charge in [0.2, 0.25) is 0 Å². The molecular formula is C20H19N5O. The number of aromatic hydroxyl groups is 1. The summed E-state index contributed by atoms with van der Waals surface area (Å²) in [7, 11) is 1.87. The maximum Gasteiger partial charge on any atom is 0.165 e. The summed E-state index contributed by atoms with van der Waals surface area (Å²) in [5.74, 6) is 0.443. The molecule has 1 aromatic heterocycles. The summed E-state index contributed by atoms with van der Waals surface area (Å²) in [5, 5.41) is 22.8. The van der Waals surface area contributed by atoms with Gasteiger partial charge in [0.25, 0.3) is 0 Å². The standard InChI is InChI=1S/C20H19N5O/c1-12-6-7-17(26)15(8-12)20-24-18(16(10-21)19(22)25-20)14-5-3-4-13(9-14)11-23-2/h3-9,23,26H,11H2,1-2H3,(H2,22,24,25). The van der Waals surface area contributed by atoms with E-state index in [-0.39, 0.29) is 23.0 Å². The van der Waals surface area contributed by atoms with E-state index in [1.165, 1.54) is 0 Å². The Morgan fingerprint density at radius 1 is 1.19 bits per heavy atom. The van der Waals surface area contributed by atoms with E-state index >= 15 is 0 Å². The summed E-state index contributed by atoms with van der Waals surface area (Å²) in [6.07, 6.45) is 0. The van der Waals surface area contributed by atoms with E-state index in [2.05, 4.69) is 21.4 Å². The number of phenolic OH excluding ortho intramolecular Hbond substituents is 1. The van der Waals surface area contributed by atoms with Gasteiger partial charge in [-0.2, -0.15) is 5.26 Å². The lowest BCUT2D eigenvalue weighted by atomic mass is 10.0. The van der Waals surface area contributed by atoms with Crippen molar-refractivity contribution >= 4 is 5.82 Å². The van der Waals surface area contributed by atoms with E-state index in [0.717, 1.165) is 16.7 Å². The second kappa shape index (κ2) is 7.21. The zero-order valence-electron chi connectivity index (χ0n) is 14.6. The number of aromatic nitrogens is 2. The zero-order chi connectivity index (χ0) is 18.7. The predicted octanol–water partition coefficient (Wildman–Crippen LogP) is 3.00. The van der Waals surface area contributed by atoms with E-state index in [4.69, 9.17) is 5.73 Å². The van der Waals surface area contributed by atoms with Crippen molar-refractivity contribution in [2.24, 2.45) is 0 Å². The molecule has 0 atom stereocenters. The number of hydrogen-bond acceptors (Lipinski definition) is 6. The Kier molecular flexibility index (Phi) is 4.83. The summed E-state index contributed by atoms with van der Waals surface area (Å²) in [5.41, 5.74) is 9.98. The molecule has 0 amide bonds. The normalized spacial score (nSPS) is 10.5. The largest absolute Gasteiger partial charge is 0.507 e. The fraction of sp³-hybridized carbons (Fsp3) is 0.150. The van der Waals surface area contributed by atoms with Crippen molar-refractivity contribution in [3.63, 3.8) is 0 Å². The molecule has 0 unspecified atom stereocenters. The molecule has 130 valence electrons. The van der Waals surface area contributed by atoms with Gasteiger partial charge < -0.3 is 16.2 Å². The van der Waals surface area contributed by atoms with Crippen molar-refractivity contribution in [1.29, 1.82) is 5.26 Å². The molecule has 2 aromatic carbocycles. The van der Waals surface area contributed by atoms with Gasteiger partial charge in [-0.25, -0.2) is 9.97 Å². The van der Waals surface area contributed by atoms with Crippen LogP contribution in [0.5, 0.6) is 5.75 Å². The number of rotatable bonds is 4. The quantitative estimate of drug-likeness (QED) is 0.671. The van der Waals surface area contributed by atoms with Gasteiger partial charge in [0, 0.05) is 12.1 Å².